The Morgan fingerprint density at radius 1 is 1.33 bits per heavy atom. The quantitative estimate of drug-likeness (QED) is 0.773. The van der Waals surface area contributed by atoms with Crippen molar-refractivity contribution in [3.05, 3.63) is 0 Å². The van der Waals surface area contributed by atoms with Crippen molar-refractivity contribution in [1.29, 1.82) is 0 Å². The molecule has 1 fully saturated rings. The van der Waals surface area contributed by atoms with Gasteiger partial charge in [0.1, 0.15) is 0 Å². The summed E-state index contributed by atoms with van der Waals surface area (Å²) in [7, 11) is 0. The minimum Gasteiger partial charge on any atom is -0.353 e. The second kappa shape index (κ2) is 5.50. The van der Waals surface area contributed by atoms with Crippen LogP contribution in [-0.2, 0) is 4.79 Å². The molecule has 3 nitrogen and oxygen atoms in total. The SMILES string of the molecule is CC(C)NC(=O)CN1C(C)CCCC1C. The maximum absolute atomic E-state index is 11.7. The molecule has 1 aliphatic heterocycles. The van der Waals surface area contributed by atoms with Gasteiger partial charge in [-0.05, 0) is 40.5 Å². The van der Waals surface area contributed by atoms with E-state index in [-0.39, 0.29) is 11.9 Å². The Hall–Kier alpha value is -0.570. The Labute approximate surface area is 93.2 Å². The van der Waals surface area contributed by atoms with Gasteiger partial charge in [0.2, 0.25) is 5.91 Å². The topological polar surface area (TPSA) is 32.3 Å². The molecule has 2 atom stereocenters. The van der Waals surface area contributed by atoms with Crippen molar-refractivity contribution < 1.29 is 4.79 Å². The summed E-state index contributed by atoms with van der Waals surface area (Å²) in [6.45, 7) is 9.00. The van der Waals surface area contributed by atoms with Gasteiger partial charge < -0.3 is 5.32 Å². The fourth-order valence-corrected chi connectivity index (χ4v) is 2.32. The van der Waals surface area contributed by atoms with Crippen LogP contribution in [0.5, 0.6) is 0 Å². The van der Waals surface area contributed by atoms with Gasteiger partial charge in [-0.15, -0.1) is 0 Å². The zero-order chi connectivity index (χ0) is 11.4. The van der Waals surface area contributed by atoms with Crippen molar-refractivity contribution >= 4 is 5.91 Å². The molecule has 1 saturated heterocycles. The molecule has 0 radical (unpaired) electrons. The van der Waals surface area contributed by atoms with E-state index >= 15 is 0 Å². The number of carbonyl (C=O) groups excluding carboxylic acids is 1. The molecule has 1 N–H and O–H groups in total. The number of likely N-dealkylation sites (tertiary alicyclic amines) is 1. The lowest BCUT2D eigenvalue weighted by molar-refractivity contribution is -0.124. The number of nitrogens with one attached hydrogen (secondary N) is 1. The molecule has 0 aromatic carbocycles. The number of carbonyl (C=O) groups is 1. The Bertz CT molecular complexity index is 206. The van der Waals surface area contributed by atoms with Gasteiger partial charge in [0.25, 0.3) is 0 Å². The molecule has 1 rings (SSSR count). The van der Waals surface area contributed by atoms with E-state index < -0.39 is 0 Å². The van der Waals surface area contributed by atoms with Crippen molar-refractivity contribution in [1.82, 2.24) is 10.2 Å². The molecule has 0 aromatic heterocycles. The molecule has 1 heterocycles. The number of hydrogen-bond acceptors (Lipinski definition) is 2. The number of hydrogen-bond donors (Lipinski definition) is 1. The molecule has 1 amide bonds. The first-order valence-electron chi connectivity index (χ1n) is 6.05. The Morgan fingerprint density at radius 3 is 2.33 bits per heavy atom. The third-order valence-electron chi connectivity index (χ3n) is 3.15. The van der Waals surface area contributed by atoms with Crippen molar-refractivity contribution in [3.8, 4) is 0 Å². The van der Waals surface area contributed by atoms with Gasteiger partial charge in [0.15, 0.2) is 0 Å². The summed E-state index contributed by atoms with van der Waals surface area (Å²) in [4.78, 5) is 14.0. The highest BCUT2D eigenvalue weighted by Gasteiger charge is 2.26. The number of piperidine rings is 1. The van der Waals surface area contributed by atoms with Crippen molar-refractivity contribution in [2.45, 2.75) is 65.1 Å². The maximum atomic E-state index is 11.7. The lowest BCUT2D eigenvalue weighted by Crippen LogP contribution is -2.49. The highest BCUT2D eigenvalue weighted by Crippen LogP contribution is 2.21. The van der Waals surface area contributed by atoms with Gasteiger partial charge in [0, 0.05) is 18.1 Å². The van der Waals surface area contributed by atoms with Gasteiger partial charge in [-0.25, -0.2) is 0 Å². The summed E-state index contributed by atoms with van der Waals surface area (Å²) < 4.78 is 0. The van der Waals surface area contributed by atoms with Gasteiger partial charge in [-0.2, -0.15) is 0 Å². The van der Waals surface area contributed by atoms with Gasteiger partial charge in [-0.1, -0.05) is 6.42 Å². The Kier molecular flexibility index (Phi) is 4.58. The monoisotopic (exact) mass is 212 g/mol. The van der Waals surface area contributed by atoms with Crippen LogP contribution < -0.4 is 5.32 Å². The molecular weight excluding hydrogens is 188 g/mol. The zero-order valence-corrected chi connectivity index (χ0v) is 10.4. The molecule has 0 spiro atoms. The molecule has 0 aliphatic carbocycles. The summed E-state index contributed by atoms with van der Waals surface area (Å²) in [6, 6.07) is 1.34. The van der Waals surface area contributed by atoms with Gasteiger partial charge in [0.05, 0.1) is 6.54 Å². The van der Waals surface area contributed by atoms with E-state index in [2.05, 4.69) is 24.1 Å². The van der Waals surface area contributed by atoms with E-state index in [9.17, 15) is 4.79 Å². The molecule has 3 heteroatoms. The number of nitrogens with zero attached hydrogens (tertiary/aromatic N) is 1. The first-order valence-corrected chi connectivity index (χ1v) is 6.05. The van der Waals surface area contributed by atoms with E-state index in [0.29, 0.717) is 18.6 Å². The summed E-state index contributed by atoms with van der Waals surface area (Å²) in [5, 5.41) is 2.95. The first-order chi connectivity index (χ1) is 7.00. The van der Waals surface area contributed by atoms with E-state index in [1.807, 2.05) is 13.8 Å². The van der Waals surface area contributed by atoms with E-state index in [1.165, 1.54) is 19.3 Å². The standard InChI is InChI=1S/C12H24N2O/c1-9(2)13-12(15)8-14-10(3)6-5-7-11(14)4/h9-11H,5-8H2,1-4H3,(H,13,15). The molecule has 2 unspecified atom stereocenters. The molecule has 0 bridgehead atoms. The van der Waals surface area contributed by atoms with Gasteiger partial charge in [-0.3, -0.25) is 9.69 Å². The molecule has 0 saturated carbocycles. The molecule has 15 heavy (non-hydrogen) atoms. The average molecular weight is 212 g/mol. The lowest BCUT2D eigenvalue weighted by atomic mass is 9.97. The highest BCUT2D eigenvalue weighted by molar-refractivity contribution is 5.78. The Morgan fingerprint density at radius 2 is 1.87 bits per heavy atom. The van der Waals surface area contributed by atoms with Crippen molar-refractivity contribution in [3.63, 3.8) is 0 Å². The average Bonchev–Trinajstić information content (AvgIpc) is 2.10. The predicted molar refractivity (Wildman–Crippen MR) is 62.8 cm³/mol. The van der Waals surface area contributed by atoms with Crippen LogP contribution >= 0.6 is 0 Å². The molecule has 1 aliphatic rings. The third-order valence-corrected chi connectivity index (χ3v) is 3.15. The third kappa shape index (κ3) is 3.82. The lowest BCUT2D eigenvalue weighted by Gasteiger charge is -2.38. The summed E-state index contributed by atoms with van der Waals surface area (Å²) in [5.41, 5.74) is 0. The van der Waals surface area contributed by atoms with Crippen LogP contribution in [0.3, 0.4) is 0 Å². The second-order valence-electron chi connectivity index (χ2n) is 5.02. The van der Waals surface area contributed by atoms with Crippen LogP contribution in [-0.4, -0.2) is 35.5 Å². The minimum atomic E-state index is 0.158. The van der Waals surface area contributed by atoms with E-state index in [0.717, 1.165) is 0 Å². The normalized spacial score (nSPS) is 28.1. The fraction of sp³-hybridized carbons (Fsp3) is 0.917. The fourth-order valence-electron chi connectivity index (χ4n) is 2.32. The van der Waals surface area contributed by atoms with Crippen LogP contribution in [0.15, 0.2) is 0 Å². The van der Waals surface area contributed by atoms with Crippen LogP contribution in [0.1, 0.15) is 47.0 Å². The maximum Gasteiger partial charge on any atom is 0.234 e. The minimum absolute atomic E-state index is 0.158. The second-order valence-corrected chi connectivity index (χ2v) is 5.02. The molecular formula is C12H24N2O. The summed E-state index contributed by atoms with van der Waals surface area (Å²) in [5.74, 6) is 0.158. The predicted octanol–water partition coefficient (Wildman–Crippen LogP) is 1.77. The van der Waals surface area contributed by atoms with Crippen molar-refractivity contribution in [2.24, 2.45) is 0 Å². The van der Waals surface area contributed by atoms with Crippen LogP contribution in [0.25, 0.3) is 0 Å². The zero-order valence-electron chi connectivity index (χ0n) is 10.4. The first kappa shape index (κ1) is 12.5. The largest absolute Gasteiger partial charge is 0.353 e. The summed E-state index contributed by atoms with van der Waals surface area (Å²) in [6.07, 6.45) is 3.74. The summed E-state index contributed by atoms with van der Waals surface area (Å²) >= 11 is 0. The van der Waals surface area contributed by atoms with Crippen LogP contribution in [0, 0.1) is 0 Å². The molecule has 88 valence electrons. The van der Waals surface area contributed by atoms with Crippen LogP contribution in [0.2, 0.25) is 0 Å². The number of amides is 1. The van der Waals surface area contributed by atoms with E-state index in [1.54, 1.807) is 0 Å². The highest BCUT2D eigenvalue weighted by atomic mass is 16.2. The van der Waals surface area contributed by atoms with Crippen LogP contribution in [0.4, 0.5) is 0 Å². The van der Waals surface area contributed by atoms with E-state index in [4.69, 9.17) is 0 Å². The van der Waals surface area contributed by atoms with Gasteiger partial charge >= 0.3 is 0 Å². The smallest absolute Gasteiger partial charge is 0.234 e. The van der Waals surface area contributed by atoms with Crippen molar-refractivity contribution in [2.75, 3.05) is 6.54 Å². The molecule has 0 aromatic rings. The number of rotatable bonds is 3. The Balaban J connectivity index is 2.44.